The molecule has 1 aromatic rings. The fourth-order valence-electron chi connectivity index (χ4n) is 5.44. The van der Waals surface area contributed by atoms with E-state index in [1.807, 2.05) is 0 Å². The Labute approximate surface area is 176 Å². The van der Waals surface area contributed by atoms with Crippen LogP contribution in [-0.4, -0.2) is 41.1 Å². The maximum atomic E-state index is 13.0. The molecule has 1 aromatic carbocycles. The summed E-state index contributed by atoms with van der Waals surface area (Å²) < 4.78 is 5.99. The van der Waals surface area contributed by atoms with Gasteiger partial charge in [0, 0.05) is 10.0 Å². The number of imide groups is 1. The van der Waals surface area contributed by atoms with E-state index in [4.69, 9.17) is 4.74 Å². The van der Waals surface area contributed by atoms with Crippen molar-refractivity contribution in [2.45, 2.75) is 19.4 Å². The molecule has 0 aromatic heterocycles. The van der Waals surface area contributed by atoms with Crippen LogP contribution in [-0.2, 0) is 19.1 Å². The number of ketones is 1. The molecule has 2 saturated carbocycles. The van der Waals surface area contributed by atoms with Crippen LogP contribution in [0.3, 0.4) is 0 Å². The van der Waals surface area contributed by atoms with Crippen LogP contribution in [0.5, 0.6) is 0 Å². The van der Waals surface area contributed by atoms with Crippen molar-refractivity contribution >= 4 is 39.5 Å². The highest BCUT2D eigenvalue weighted by Gasteiger charge is 2.67. The van der Waals surface area contributed by atoms with Gasteiger partial charge in [-0.3, -0.25) is 19.3 Å². The predicted octanol–water partition coefficient (Wildman–Crippen LogP) is 2.62. The van der Waals surface area contributed by atoms with Crippen molar-refractivity contribution in [2.24, 2.45) is 35.5 Å². The Morgan fingerprint density at radius 3 is 2.17 bits per heavy atom. The Balaban J connectivity index is 1.26. The monoisotopic (exact) mass is 457 g/mol. The summed E-state index contributed by atoms with van der Waals surface area (Å²) in [5, 5.41) is 0. The highest BCUT2D eigenvalue weighted by Crippen LogP contribution is 2.65. The van der Waals surface area contributed by atoms with Crippen molar-refractivity contribution in [3.63, 3.8) is 0 Å². The molecule has 0 spiro atoms. The Kier molecular flexibility index (Phi) is 4.28. The number of amides is 2. The van der Waals surface area contributed by atoms with Crippen LogP contribution in [0.25, 0.3) is 0 Å². The maximum Gasteiger partial charge on any atom is 0.329 e. The van der Waals surface area contributed by atoms with E-state index in [0.29, 0.717) is 17.4 Å². The van der Waals surface area contributed by atoms with Crippen LogP contribution in [0, 0.1) is 35.5 Å². The van der Waals surface area contributed by atoms with Crippen LogP contribution in [0.2, 0.25) is 0 Å². The second kappa shape index (κ2) is 6.62. The Hall–Kier alpha value is -2.28. The summed E-state index contributed by atoms with van der Waals surface area (Å²) in [5.74, 6) is -1.07. The van der Waals surface area contributed by atoms with E-state index in [1.165, 1.54) is 6.92 Å². The average Bonchev–Trinajstić information content (AvgIpc) is 3.49. The molecule has 2 amide bonds. The highest BCUT2D eigenvalue weighted by atomic mass is 79.9. The molecular formula is C22H20BrNO5. The molecule has 7 heteroatoms. The second-order valence-corrected chi connectivity index (χ2v) is 9.33. The predicted molar refractivity (Wildman–Crippen MR) is 105 cm³/mol. The molecule has 150 valence electrons. The molecule has 0 radical (unpaired) electrons. The standard InChI is InChI=1S/C22H20BrNO5/c1-10(22(28)29-9-17(25)11-2-4-12(23)5-3-11)24-20(26)18-13-6-7-14(16-8-15(13)16)19(18)21(24)27/h2-7,10,13-16,18-19H,8-9H2,1H3/t10-,13+,14+,15+,16+,18-,19+/m0/s1. The summed E-state index contributed by atoms with van der Waals surface area (Å²) >= 11 is 3.30. The third kappa shape index (κ3) is 2.81. The molecule has 6 nitrogen and oxygen atoms in total. The molecule has 5 aliphatic rings. The van der Waals surface area contributed by atoms with Gasteiger partial charge in [0.25, 0.3) is 0 Å². The van der Waals surface area contributed by atoms with Crippen molar-refractivity contribution in [3.05, 3.63) is 46.5 Å². The summed E-state index contributed by atoms with van der Waals surface area (Å²) in [7, 11) is 0. The molecule has 1 aliphatic heterocycles. The van der Waals surface area contributed by atoms with Crippen LogP contribution < -0.4 is 0 Å². The molecule has 29 heavy (non-hydrogen) atoms. The van der Waals surface area contributed by atoms with E-state index in [0.717, 1.165) is 15.8 Å². The number of carbonyl (C=O) groups excluding carboxylic acids is 4. The number of hydrogen-bond donors (Lipinski definition) is 0. The van der Waals surface area contributed by atoms with Gasteiger partial charge in [-0.2, -0.15) is 0 Å². The average molecular weight is 458 g/mol. The maximum absolute atomic E-state index is 13.0. The number of carbonyl (C=O) groups is 4. The molecule has 2 bridgehead atoms. The van der Waals surface area contributed by atoms with Gasteiger partial charge in [0.15, 0.2) is 12.4 Å². The van der Waals surface area contributed by atoms with Gasteiger partial charge in [-0.25, -0.2) is 4.79 Å². The quantitative estimate of drug-likeness (QED) is 0.293. The molecule has 3 fully saturated rings. The fourth-order valence-corrected chi connectivity index (χ4v) is 5.71. The van der Waals surface area contributed by atoms with E-state index < -0.39 is 18.6 Å². The van der Waals surface area contributed by atoms with E-state index in [-0.39, 0.29) is 41.3 Å². The minimum Gasteiger partial charge on any atom is -0.456 e. The molecule has 4 aliphatic carbocycles. The number of benzene rings is 1. The summed E-state index contributed by atoms with van der Waals surface area (Å²) in [5.41, 5.74) is 0.426. The van der Waals surface area contributed by atoms with Gasteiger partial charge < -0.3 is 4.74 Å². The number of Topliss-reactive ketones (excluding diaryl/α,β-unsaturated/α-hetero) is 1. The van der Waals surface area contributed by atoms with Crippen molar-refractivity contribution < 1.29 is 23.9 Å². The van der Waals surface area contributed by atoms with Crippen LogP contribution in [0.4, 0.5) is 0 Å². The molecule has 1 saturated heterocycles. The van der Waals surface area contributed by atoms with Gasteiger partial charge in [-0.1, -0.05) is 40.2 Å². The Morgan fingerprint density at radius 1 is 1.07 bits per heavy atom. The largest absolute Gasteiger partial charge is 0.456 e. The zero-order valence-corrected chi connectivity index (χ0v) is 17.4. The van der Waals surface area contributed by atoms with Gasteiger partial charge in [-0.05, 0) is 49.1 Å². The number of rotatable bonds is 5. The Morgan fingerprint density at radius 2 is 1.62 bits per heavy atom. The van der Waals surface area contributed by atoms with Crippen molar-refractivity contribution in [1.82, 2.24) is 4.90 Å². The molecule has 7 atom stereocenters. The Bertz CT molecular complexity index is 918. The summed E-state index contributed by atoms with van der Waals surface area (Å²) in [4.78, 5) is 51.9. The number of halogens is 1. The first-order valence-corrected chi connectivity index (χ1v) is 10.7. The van der Waals surface area contributed by atoms with Gasteiger partial charge in [0.1, 0.15) is 6.04 Å². The normalized spacial score (nSPS) is 34.6. The molecule has 6 rings (SSSR count). The first-order valence-electron chi connectivity index (χ1n) is 9.89. The number of nitrogens with zero attached hydrogens (tertiary/aromatic N) is 1. The van der Waals surface area contributed by atoms with Crippen molar-refractivity contribution in [2.75, 3.05) is 6.61 Å². The topological polar surface area (TPSA) is 80.8 Å². The summed E-state index contributed by atoms with van der Waals surface area (Å²) in [6, 6.07) is 5.70. The van der Waals surface area contributed by atoms with Crippen molar-refractivity contribution in [1.29, 1.82) is 0 Å². The molecule has 0 unspecified atom stereocenters. The lowest BCUT2D eigenvalue weighted by Crippen LogP contribution is -2.45. The van der Waals surface area contributed by atoms with E-state index in [9.17, 15) is 19.2 Å². The van der Waals surface area contributed by atoms with Gasteiger partial charge in [0.2, 0.25) is 11.8 Å². The minimum atomic E-state index is -1.03. The highest BCUT2D eigenvalue weighted by molar-refractivity contribution is 9.10. The van der Waals surface area contributed by atoms with Crippen LogP contribution in [0.15, 0.2) is 40.9 Å². The second-order valence-electron chi connectivity index (χ2n) is 8.41. The molecule has 1 heterocycles. The van der Waals surface area contributed by atoms with Gasteiger partial charge >= 0.3 is 5.97 Å². The third-order valence-corrected chi connectivity index (χ3v) is 7.47. The zero-order valence-electron chi connectivity index (χ0n) is 15.8. The van der Waals surface area contributed by atoms with Gasteiger partial charge in [0.05, 0.1) is 11.8 Å². The first-order chi connectivity index (χ1) is 13.9. The number of hydrogen-bond acceptors (Lipinski definition) is 5. The molecular weight excluding hydrogens is 438 g/mol. The number of esters is 1. The zero-order chi connectivity index (χ0) is 20.4. The minimum absolute atomic E-state index is 0.110. The third-order valence-electron chi connectivity index (χ3n) is 6.94. The van der Waals surface area contributed by atoms with Crippen LogP contribution >= 0.6 is 15.9 Å². The lowest BCUT2D eigenvalue weighted by Gasteiger charge is -2.37. The van der Waals surface area contributed by atoms with E-state index in [1.54, 1.807) is 24.3 Å². The first kappa shape index (κ1) is 18.7. The van der Waals surface area contributed by atoms with E-state index >= 15 is 0 Å². The van der Waals surface area contributed by atoms with Gasteiger partial charge in [-0.15, -0.1) is 0 Å². The fraction of sp³-hybridized carbons (Fsp3) is 0.455. The number of allylic oxidation sites excluding steroid dienone is 2. The summed E-state index contributed by atoms with van der Waals surface area (Å²) in [6.45, 7) is 1.07. The number of ether oxygens (including phenoxy) is 1. The van der Waals surface area contributed by atoms with Crippen LogP contribution in [0.1, 0.15) is 23.7 Å². The SMILES string of the molecule is C[C@@H](C(=O)OCC(=O)c1ccc(Br)cc1)N1C(=O)[C@@H]2[C@@H]3C=C[C@H]([C@H]4C[C@H]34)[C@@H]2C1=O. The lowest BCUT2D eigenvalue weighted by molar-refractivity contribution is -0.157. The van der Waals surface area contributed by atoms with E-state index in [2.05, 4.69) is 28.1 Å². The number of likely N-dealkylation sites (tertiary alicyclic amines) is 1. The smallest absolute Gasteiger partial charge is 0.329 e. The molecule has 0 N–H and O–H groups in total. The summed E-state index contributed by atoms with van der Waals surface area (Å²) in [6.07, 6.45) is 5.27. The lowest BCUT2D eigenvalue weighted by atomic mass is 9.63. The van der Waals surface area contributed by atoms with Crippen molar-refractivity contribution in [3.8, 4) is 0 Å².